The van der Waals surface area contributed by atoms with Crippen molar-refractivity contribution in [3.63, 3.8) is 0 Å². The minimum atomic E-state index is 1.25. The molecule has 1 rings (SSSR count). The van der Waals surface area contributed by atoms with Gasteiger partial charge in [-0.25, -0.2) is 0 Å². The van der Waals surface area contributed by atoms with Crippen molar-refractivity contribution in [2.75, 3.05) is 0 Å². The Morgan fingerprint density at radius 3 is 0.692 bits per heavy atom. The van der Waals surface area contributed by atoms with Gasteiger partial charge in [0.25, 0.3) is 0 Å². The van der Waals surface area contributed by atoms with Gasteiger partial charge in [-0.2, -0.15) is 0 Å². The van der Waals surface area contributed by atoms with Gasteiger partial charge in [-0.3, -0.25) is 0 Å². The molecule has 0 radical (unpaired) electrons. The standard InChI is InChI=1S/C4H10.C3H6.2C3H8/c1-3-4-2;1-2-3-1;2*1-3-2/h3-4H2,1-2H3;1-3H2;2*3H2,1-2H3. The molecular weight excluding hydrogens is 156 g/mol. The van der Waals surface area contributed by atoms with E-state index in [2.05, 4.69) is 41.5 Å². The van der Waals surface area contributed by atoms with Crippen LogP contribution in [0.4, 0.5) is 0 Å². The normalized spacial score (nSPS) is 10.6. The zero-order chi connectivity index (χ0) is 10.9. The van der Waals surface area contributed by atoms with Gasteiger partial charge in [0.05, 0.1) is 0 Å². The summed E-state index contributed by atoms with van der Waals surface area (Å²) in [7, 11) is 0. The van der Waals surface area contributed by atoms with Crippen molar-refractivity contribution in [2.24, 2.45) is 0 Å². The average molecular weight is 188 g/mol. The van der Waals surface area contributed by atoms with Crippen molar-refractivity contribution in [1.82, 2.24) is 0 Å². The molecule has 0 nitrogen and oxygen atoms in total. The summed E-state index contributed by atoms with van der Waals surface area (Å²) in [6, 6.07) is 0. The molecule has 13 heavy (non-hydrogen) atoms. The van der Waals surface area contributed by atoms with E-state index in [1.807, 2.05) is 0 Å². The monoisotopic (exact) mass is 188 g/mol. The summed E-state index contributed by atoms with van der Waals surface area (Å²) in [5.41, 5.74) is 0. The van der Waals surface area contributed by atoms with E-state index in [4.69, 9.17) is 0 Å². The summed E-state index contributed by atoms with van der Waals surface area (Å²) in [6.07, 6.45) is 9.64. The molecule has 0 aromatic carbocycles. The smallest absolute Gasteiger partial charge is 0.0533 e. The zero-order valence-electron chi connectivity index (χ0n) is 10.9. The number of hydrogen-bond acceptors (Lipinski definition) is 0. The molecule has 0 aromatic heterocycles. The second-order valence-electron chi connectivity index (χ2n) is 3.47. The number of unbranched alkanes of at least 4 members (excludes halogenated alkanes) is 1. The maximum atomic E-state index is 2.18. The second kappa shape index (κ2) is 29.6. The maximum Gasteiger partial charge on any atom is -0.0533 e. The SMILES string of the molecule is C1CC1.CCC.CCC.CCCC. The van der Waals surface area contributed by atoms with E-state index in [-0.39, 0.29) is 0 Å². The Morgan fingerprint density at radius 1 is 0.538 bits per heavy atom. The topological polar surface area (TPSA) is 0 Å². The van der Waals surface area contributed by atoms with Crippen LogP contribution in [0.25, 0.3) is 0 Å². The van der Waals surface area contributed by atoms with Crippen molar-refractivity contribution >= 4 is 0 Å². The Kier molecular flexibility index (Phi) is 42.7. The van der Waals surface area contributed by atoms with Gasteiger partial charge < -0.3 is 0 Å². The molecule has 0 heterocycles. The van der Waals surface area contributed by atoms with E-state index in [9.17, 15) is 0 Å². The molecule has 0 aromatic rings. The minimum Gasteiger partial charge on any atom is -0.0656 e. The third kappa shape index (κ3) is 300. The molecule has 84 valence electrons. The van der Waals surface area contributed by atoms with Crippen LogP contribution in [0.2, 0.25) is 0 Å². The van der Waals surface area contributed by atoms with E-state index < -0.39 is 0 Å². The van der Waals surface area contributed by atoms with Gasteiger partial charge in [0.2, 0.25) is 0 Å². The fraction of sp³-hybridized carbons (Fsp3) is 1.00. The molecule has 1 aliphatic carbocycles. The highest BCUT2D eigenvalue weighted by atomic mass is 14.0. The molecular formula is C13H32. The first-order chi connectivity index (χ1) is 6.24. The molecule has 0 bridgehead atoms. The van der Waals surface area contributed by atoms with Crippen LogP contribution >= 0.6 is 0 Å². The fourth-order valence-electron chi connectivity index (χ4n) is 0. The zero-order valence-corrected chi connectivity index (χ0v) is 10.9. The van der Waals surface area contributed by atoms with Crippen molar-refractivity contribution in [1.29, 1.82) is 0 Å². The highest BCUT2D eigenvalue weighted by Gasteiger charge is 1.95. The maximum absolute atomic E-state index is 2.18. The van der Waals surface area contributed by atoms with Crippen molar-refractivity contribution in [2.45, 2.75) is 86.5 Å². The molecule has 0 N–H and O–H groups in total. The average Bonchev–Trinajstić information content (AvgIpc) is 2.93. The molecule has 0 unspecified atom stereocenters. The highest BCUT2D eigenvalue weighted by Crippen LogP contribution is 2.14. The second-order valence-corrected chi connectivity index (χ2v) is 3.47. The predicted octanol–water partition coefficient (Wildman–Crippen LogP) is 5.81. The van der Waals surface area contributed by atoms with Gasteiger partial charge in [0, 0.05) is 0 Å². The van der Waals surface area contributed by atoms with Crippen LogP contribution in [0.3, 0.4) is 0 Å². The van der Waals surface area contributed by atoms with Gasteiger partial charge in [-0.15, -0.1) is 0 Å². The van der Waals surface area contributed by atoms with Crippen molar-refractivity contribution < 1.29 is 0 Å². The lowest BCUT2D eigenvalue weighted by Gasteiger charge is -1.68. The van der Waals surface area contributed by atoms with Crippen LogP contribution in [0.5, 0.6) is 0 Å². The van der Waals surface area contributed by atoms with Crippen LogP contribution in [-0.4, -0.2) is 0 Å². The lowest BCUT2D eigenvalue weighted by Crippen LogP contribution is -1.47. The van der Waals surface area contributed by atoms with E-state index >= 15 is 0 Å². The minimum absolute atomic E-state index is 1.25. The first-order valence-corrected chi connectivity index (χ1v) is 6.24. The Hall–Kier alpha value is 0. The van der Waals surface area contributed by atoms with E-state index in [0.29, 0.717) is 0 Å². The molecule has 0 amide bonds. The van der Waals surface area contributed by atoms with Crippen molar-refractivity contribution in [3.8, 4) is 0 Å². The summed E-state index contributed by atoms with van der Waals surface area (Å²) in [5, 5.41) is 0. The van der Waals surface area contributed by atoms with E-state index in [1.165, 1.54) is 44.9 Å². The molecule has 0 heteroatoms. The van der Waals surface area contributed by atoms with E-state index in [0.717, 1.165) is 0 Å². The van der Waals surface area contributed by atoms with Gasteiger partial charge in [0.15, 0.2) is 0 Å². The van der Waals surface area contributed by atoms with E-state index in [1.54, 1.807) is 0 Å². The Morgan fingerprint density at radius 2 is 0.692 bits per heavy atom. The molecule has 0 saturated heterocycles. The first-order valence-electron chi connectivity index (χ1n) is 6.24. The van der Waals surface area contributed by atoms with Crippen molar-refractivity contribution in [3.05, 3.63) is 0 Å². The molecule has 0 atom stereocenters. The summed E-state index contributed by atoms with van der Waals surface area (Å²) >= 11 is 0. The van der Waals surface area contributed by atoms with Gasteiger partial charge in [0.1, 0.15) is 0 Å². The molecule has 1 fully saturated rings. The quantitative estimate of drug-likeness (QED) is 0.487. The van der Waals surface area contributed by atoms with Crippen LogP contribution in [0, 0.1) is 0 Å². The Balaban J connectivity index is -0.000000103. The summed E-state index contributed by atoms with van der Waals surface area (Å²) in [5.74, 6) is 0. The Labute approximate surface area is 87.1 Å². The van der Waals surface area contributed by atoms with Gasteiger partial charge >= 0.3 is 0 Å². The molecule has 0 aliphatic heterocycles. The molecule has 1 saturated carbocycles. The summed E-state index contributed by atoms with van der Waals surface area (Å²) in [4.78, 5) is 0. The molecule has 1 aliphatic rings. The third-order valence-electron chi connectivity index (χ3n) is 0.854. The van der Waals surface area contributed by atoms with Crippen LogP contribution in [-0.2, 0) is 0 Å². The van der Waals surface area contributed by atoms with Gasteiger partial charge in [-0.05, 0) is 0 Å². The number of hydrogen-bond donors (Lipinski definition) is 0. The van der Waals surface area contributed by atoms with Crippen LogP contribution < -0.4 is 0 Å². The fourth-order valence-corrected chi connectivity index (χ4v) is 0. The first kappa shape index (κ1) is 18.7. The largest absolute Gasteiger partial charge is 0.0656 e. The van der Waals surface area contributed by atoms with Crippen LogP contribution in [0.15, 0.2) is 0 Å². The lowest BCUT2D eigenvalue weighted by molar-refractivity contribution is 0.886. The highest BCUT2D eigenvalue weighted by molar-refractivity contribution is 4.50. The summed E-state index contributed by atoms with van der Waals surface area (Å²) in [6.45, 7) is 12.9. The molecule has 0 spiro atoms. The summed E-state index contributed by atoms with van der Waals surface area (Å²) < 4.78 is 0. The predicted molar refractivity (Wildman–Crippen MR) is 66.4 cm³/mol. The van der Waals surface area contributed by atoms with Crippen LogP contribution in [0.1, 0.15) is 86.5 Å². The van der Waals surface area contributed by atoms with Gasteiger partial charge in [-0.1, -0.05) is 86.5 Å². The number of rotatable bonds is 1. The Bertz CT molecular complexity index is 30.5. The third-order valence-corrected chi connectivity index (χ3v) is 0.854. The lowest BCUT2D eigenvalue weighted by atomic mass is 10.4.